The summed E-state index contributed by atoms with van der Waals surface area (Å²) in [5.74, 6) is 1.53. The number of carbonyl (C=O) groups excluding carboxylic acids is 1. The van der Waals surface area contributed by atoms with E-state index < -0.39 is 0 Å². The molecule has 4 aromatic rings. The van der Waals surface area contributed by atoms with Crippen LogP contribution in [0.5, 0.6) is 11.5 Å². The van der Waals surface area contributed by atoms with Gasteiger partial charge in [0, 0.05) is 31.7 Å². The van der Waals surface area contributed by atoms with E-state index in [1.54, 1.807) is 0 Å². The number of para-hydroxylation sites is 1. The molecule has 1 aliphatic heterocycles. The Hall–Kier alpha value is -4.09. The van der Waals surface area contributed by atoms with Gasteiger partial charge in [0.1, 0.15) is 24.7 Å². The predicted molar refractivity (Wildman–Crippen MR) is 146 cm³/mol. The monoisotopic (exact) mass is 492 g/mol. The van der Waals surface area contributed by atoms with Crippen molar-refractivity contribution in [2.24, 2.45) is 0 Å². The zero-order valence-electron chi connectivity index (χ0n) is 20.9. The number of ether oxygens (including phenoxy) is 2. The van der Waals surface area contributed by atoms with Crippen molar-refractivity contribution in [1.82, 2.24) is 9.80 Å². The normalized spacial score (nSPS) is 13.9. The quantitative estimate of drug-likeness (QED) is 0.282. The minimum Gasteiger partial charge on any atom is -0.490 e. The van der Waals surface area contributed by atoms with Gasteiger partial charge in [-0.1, -0.05) is 84.9 Å². The van der Waals surface area contributed by atoms with Gasteiger partial charge in [-0.05, 0) is 41.5 Å². The van der Waals surface area contributed by atoms with Crippen LogP contribution in [0, 0.1) is 0 Å². The summed E-state index contributed by atoms with van der Waals surface area (Å²) in [5.41, 5.74) is 3.20. The predicted octanol–water partition coefficient (Wildman–Crippen LogP) is 5.69. The van der Waals surface area contributed by atoms with Gasteiger partial charge >= 0.3 is 0 Å². The van der Waals surface area contributed by atoms with Crippen molar-refractivity contribution in [3.8, 4) is 11.5 Å². The number of rotatable bonds is 9. The van der Waals surface area contributed by atoms with Gasteiger partial charge in [-0.15, -0.1) is 0 Å². The van der Waals surface area contributed by atoms with E-state index in [9.17, 15) is 4.79 Å². The van der Waals surface area contributed by atoms with Gasteiger partial charge in [-0.25, -0.2) is 0 Å². The van der Waals surface area contributed by atoms with Crippen molar-refractivity contribution in [2.45, 2.75) is 6.04 Å². The molecule has 0 aliphatic carbocycles. The van der Waals surface area contributed by atoms with Crippen LogP contribution < -0.4 is 9.47 Å². The minimum absolute atomic E-state index is 0.0432. The maximum atomic E-state index is 13.3. The van der Waals surface area contributed by atoms with Crippen LogP contribution in [0.2, 0.25) is 0 Å². The molecule has 0 aromatic heterocycles. The Morgan fingerprint density at radius 2 is 1.14 bits per heavy atom. The summed E-state index contributed by atoms with van der Waals surface area (Å²) in [6.45, 7) is 3.84. The molecule has 5 nitrogen and oxygen atoms in total. The molecule has 0 spiro atoms. The van der Waals surface area contributed by atoms with Crippen LogP contribution in [-0.2, 0) is 0 Å². The van der Waals surface area contributed by atoms with Crippen molar-refractivity contribution in [3.63, 3.8) is 0 Å². The van der Waals surface area contributed by atoms with Crippen molar-refractivity contribution < 1.29 is 14.3 Å². The lowest BCUT2D eigenvalue weighted by Crippen LogP contribution is -2.49. The summed E-state index contributed by atoms with van der Waals surface area (Å²) in [7, 11) is 0. The smallest absolute Gasteiger partial charge is 0.254 e. The van der Waals surface area contributed by atoms with E-state index in [4.69, 9.17) is 9.47 Å². The van der Waals surface area contributed by atoms with E-state index in [1.165, 1.54) is 11.1 Å². The highest BCUT2D eigenvalue weighted by Gasteiger charge is 2.28. The van der Waals surface area contributed by atoms with Gasteiger partial charge in [0.15, 0.2) is 0 Å². The third kappa shape index (κ3) is 6.38. The van der Waals surface area contributed by atoms with E-state index in [0.29, 0.717) is 37.6 Å². The largest absolute Gasteiger partial charge is 0.490 e. The highest BCUT2D eigenvalue weighted by molar-refractivity contribution is 5.94. The molecule has 5 heteroatoms. The first-order valence-corrected chi connectivity index (χ1v) is 12.8. The Kier molecular flexibility index (Phi) is 8.14. The van der Waals surface area contributed by atoms with Gasteiger partial charge < -0.3 is 14.4 Å². The molecular formula is C32H32N2O3. The highest BCUT2D eigenvalue weighted by atomic mass is 16.5. The van der Waals surface area contributed by atoms with Crippen molar-refractivity contribution >= 4 is 5.91 Å². The number of carbonyl (C=O) groups is 1. The fourth-order valence-corrected chi connectivity index (χ4v) is 4.81. The Morgan fingerprint density at radius 3 is 1.73 bits per heavy atom. The zero-order chi connectivity index (χ0) is 25.3. The van der Waals surface area contributed by atoms with Crippen LogP contribution in [0.15, 0.2) is 115 Å². The Bertz CT molecular complexity index is 1220. The van der Waals surface area contributed by atoms with E-state index in [2.05, 4.69) is 65.6 Å². The first-order chi connectivity index (χ1) is 18.3. The summed E-state index contributed by atoms with van der Waals surface area (Å²) in [4.78, 5) is 17.7. The number of piperazine rings is 1. The average Bonchev–Trinajstić information content (AvgIpc) is 2.97. The van der Waals surface area contributed by atoms with Crippen molar-refractivity contribution in [1.29, 1.82) is 0 Å². The summed E-state index contributed by atoms with van der Waals surface area (Å²) in [6, 6.07) is 38.5. The van der Waals surface area contributed by atoms with E-state index >= 15 is 0 Å². The minimum atomic E-state index is 0.0432. The Morgan fingerprint density at radius 1 is 0.622 bits per heavy atom. The third-order valence-electron chi connectivity index (χ3n) is 6.64. The molecule has 0 atom stereocenters. The van der Waals surface area contributed by atoms with Crippen LogP contribution >= 0.6 is 0 Å². The van der Waals surface area contributed by atoms with E-state index in [-0.39, 0.29) is 11.9 Å². The average molecular weight is 493 g/mol. The molecular weight excluding hydrogens is 460 g/mol. The number of nitrogens with zero attached hydrogens (tertiary/aromatic N) is 2. The first-order valence-electron chi connectivity index (χ1n) is 12.8. The summed E-state index contributed by atoms with van der Waals surface area (Å²) < 4.78 is 11.5. The first kappa shape index (κ1) is 24.6. The summed E-state index contributed by atoms with van der Waals surface area (Å²) in [6.07, 6.45) is 0. The lowest BCUT2D eigenvalue weighted by molar-refractivity contribution is 0.0597. The maximum Gasteiger partial charge on any atom is 0.254 e. The van der Waals surface area contributed by atoms with Gasteiger partial charge in [0.2, 0.25) is 0 Å². The number of benzene rings is 4. The fourth-order valence-electron chi connectivity index (χ4n) is 4.81. The zero-order valence-corrected chi connectivity index (χ0v) is 20.9. The molecule has 4 aromatic carbocycles. The third-order valence-corrected chi connectivity index (χ3v) is 6.64. The summed E-state index contributed by atoms with van der Waals surface area (Å²) >= 11 is 0. The van der Waals surface area contributed by atoms with Gasteiger partial charge in [0.25, 0.3) is 5.91 Å². The van der Waals surface area contributed by atoms with Crippen molar-refractivity contribution in [3.05, 3.63) is 132 Å². The molecule has 1 heterocycles. The van der Waals surface area contributed by atoms with Crippen LogP contribution in [0.3, 0.4) is 0 Å². The van der Waals surface area contributed by atoms with Gasteiger partial charge in [0.05, 0.1) is 6.04 Å². The van der Waals surface area contributed by atoms with E-state index in [0.717, 1.165) is 18.8 Å². The second-order valence-electron chi connectivity index (χ2n) is 9.09. The van der Waals surface area contributed by atoms with Gasteiger partial charge in [-0.3, -0.25) is 9.69 Å². The molecule has 1 fully saturated rings. The molecule has 0 radical (unpaired) electrons. The second kappa shape index (κ2) is 12.2. The van der Waals surface area contributed by atoms with E-state index in [1.807, 2.05) is 59.5 Å². The number of hydrogen-bond donors (Lipinski definition) is 0. The number of hydrogen-bond acceptors (Lipinski definition) is 4. The molecule has 1 amide bonds. The van der Waals surface area contributed by atoms with Crippen LogP contribution in [0.25, 0.3) is 0 Å². The van der Waals surface area contributed by atoms with Crippen LogP contribution in [0.1, 0.15) is 27.5 Å². The number of amides is 1. The molecule has 1 aliphatic rings. The molecule has 5 rings (SSSR count). The molecule has 0 saturated carbocycles. The molecule has 188 valence electrons. The standard InChI is InChI=1S/C32H32N2O3/c35-32(28-15-10-18-30(25-28)37-24-23-36-29-16-8-3-9-17-29)34-21-19-33(20-22-34)31(26-11-4-1-5-12-26)27-13-6-2-7-14-27/h1-18,25,31H,19-24H2. The molecule has 37 heavy (non-hydrogen) atoms. The Balaban J connectivity index is 1.18. The van der Waals surface area contributed by atoms with Crippen LogP contribution in [0.4, 0.5) is 0 Å². The molecule has 1 saturated heterocycles. The fraction of sp³-hybridized carbons (Fsp3) is 0.219. The Labute approximate surface area is 218 Å². The van der Waals surface area contributed by atoms with Crippen molar-refractivity contribution in [2.75, 3.05) is 39.4 Å². The SMILES string of the molecule is O=C(c1cccc(OCCOc2ccccc2)c1)N1CCN(C(c2ccccc2)c2ccccc2)CC1. The second-order valence-corrected chi connectivity index (χ2v) is 9.09. The lowest BCUT2D eigenvalue weighted by atomic mass is 9.96. The molecule has 0 bridgehead atoms. The summed E-state index contributed by atoms with van der Waals surface area (Å²) in [5, 5.41) is 0. The van der Waals surface area contributed by atoms with Crippen LogP contribution in [-0.4, -0.2) is 55.1 Å². The maximum absolute atomic E-state index is 13.3. The molecule has 0 N–H and O–H groups in total. The lowest BCUT2D eigenvalue weighted by Gasteiger charge is -2.39. The molecule has 0 unspecified atom stereocenters. The topological polar surface area (TPSA) is 42.0 Å². The van der Waals surface area contributed by atoms with Gasteiger partial charge in [-0.2, -0.15) is 0 Å². The highest BCUT2D eigenvalue weighted by Crippen LogP contribution is 2.29.